The molecule has 1 aromatic heterocycles. The van der Waals surface area contributed by atoms with Crippen LogP contribution < -0.4 is 10.6 Å². The number of carbonyl (C=O) groups is 1. The summed E-state index contributed by atoms with van der Waals surface area (Å²) in [6.45, 7) is 4.71. The Bertz CT molecular complexity index is 448. The molecule has 7 heteroatoms. The van der Waals surface area contributed by atoms with E-state index in [1.54, 1.807) is 6.26 Å². The molecule has 2 aliphatic rings. The molecule has 0 saturated carbocycles. The summed E-state index contributed by atoms with van der Waals surface area (Å²) in [6.07, 6.45) is 6.06. The number of hydrogen-bond donors (Lipinski definition) is 2. The third kappa shape index (κ3) is 4.69. The number of likely N-dealkylation sites (tertiary alicyclic amines) is 1. The van der Waals surface area contributed by atoms with Crippen molar-refractivity contribution in [1.82, 2.24) is 20.7 Å². The van der Waals surface area contributed by atoms with Gasteiger partial charge in [-0.15, -0.1) is 12.4 Å². The van der Waals surface area contributed by atoms with Crippen molar-refractivity contribution in [2.24, 2.45) is 5.92 Å². The summed E-state index contributed by atoms with van der Waals surface area (Å²) in [5, 5.41) is 10.3. The van der Waals surface area contributed by atoms with Crippen molar-refractivity contribution in [3.05, 3.63) is 18.0 Å². The lowest BCUT2D eigenvalue weighted by atomic mass is 9.97. The van der Waals surface area contributed by atoms with Crippen molar-refractivity contribution < 1.29 is 9.32 Å². The number of rotatable bonds is 5. The molecule has 0 spiro atoms. The maximum absolute atomic E-state index is 12.0. The highest BCUT2D eigenvalue weighted by Gasteiger charge is 2.24. The number of hydrogen-bond acceptors (Lipinski definition) is 5. The third-order valence-corrected chi connectivity index (χ3v) is 4.42. The zero-order valence-electron chi connectivity index (χ0n) is 12.8. The van der Waals surface area contributed by atoms with Gasteiger partial charge in [0.15, 0.2) is 0 Å². The van der Waals surface area contributed by atoms with Gasteiger partial charge in [-0.25, -0.2) is 0 Å². The third-order valence-electron chi connectivity index (χ3n) is 4.42. The number of nitrogens with zero attached hydrogens (tertiary/aromatic N) is 2. The Kier molecular flexibility index (Phi) is 6.67. The molecular weight excluding hydrogens is 304 g/mol. The van der Waals surface area contributed by atoms with E-state index in [0.29, 0.717) is 5.92 Å². The van der Waals surface area contributed by atoms with E-state index in [4.69, 9.17) is 4.52 Å². The second-order valence-corrected chi connectivity index (χ2v) is 6.13. The lowest BCUT2D eigenvalue weighted by Crippen LogP contribution is -2.45. The van der Waals surface area contributed by atoms with Gasteiger partial charge in [0.25, 0.3) is 0 Å². The van der Waals surface area contributed by atoms with Crippen LogP contribution in [-0.4, -0.2) is 48.2 Å². The van der Waals surface area contributed by atoms with Gasteiger partial charge in [-0.1, -0.05) is 5.16 Å². The minimum Gasteiger partial charge on any atom is -0.364 e. The maximum Gasteiger partial charge on any atom is 0.237 e. The summed E-state index contributed by atoms with van der Waals surface area (Å²) in [7, 11) is 0. The highest BCUT2D eigenvalue weighted by atomic mass is 35.5. The van der Waals surface area contributed by atoms with Crippen molar-refractivity contribution in [2.75, 3.05) is 26.2 Å². The Morgan fingerprint density at radius 1 is 1.45 bits per heavy atom. The molecule has 6 nitrogen and oxygen atoms in total. The van der Waals surface area contributed by atoms with Gasteiger partial charge in [0.05, 0.1) is 11.7 Å². The summed E-state index contributed by atoms with van der Waals surface area (Å²) in [5.41, 5.74) is 0.981. The van der Waals surface area contributed by atoms with Crippen LogP contribution in [0.15, 0.2) is 16.9 Å². The zero-order valence-corrected chi connectivity index (χ0v) is 13.6. The first-order chi connectivity index (χ1) is 10.3. The van der Waals surface area contributed by atoms with Crippen LogP contribution in [0.25, 0.3) is 0 Å². The van der Waals surface area contributed by atoms with Gasteiger partial charge in [-0.05, 0) is 44.7 Å². The van der Waals surface area contributed by atoms with Crippen molar-refractivity contribution in [1.29, 1.82) is 0 Å². The first-order valence-electron chi connectivity index (χ1n) is 7.94. The topological polar surface area (TPSA) is 70.4 Å². The molecule has 1 aromatic rings. The largest absolute Gasteiger partial charge is 0.364 e. The fourth-order valence-corrected chi connectivity index (χ4v) is 3.29. The lowest BCUT2D eigenvalue weighted by Gasteiger charge is -2.32. The van der Waals surface area contributed by atoms with Gasteiger partial charge in [-0.2, -0.15) is 0 Å². The fourth-order valence-electron chi connectivity index (χ4n) is 3.29. The van der Waals surface area contributed by atoms with Crippen molar-refractivity contribution in [3.8, 4) is 0 Å². The van der Waals surface area contributed by atoms with E-state index in [-0.39, 0.29) is 24.4 Å². The van der Waals surface area contributed by atoms with Gasteiger partial charge in [0.2, 0.25) is 5.91 Å². The van der Waals surface area contributed by atoms with E-state index in [0.717, 1.165) is 51.3 Å². The standard InChI is InChI=1S/C15H24N4O2.ClH/c20-15(14-4-1-6-16-14)17-9-12-3-2-7-19(10-12)11-13-5-8-21-18-13;/h5,8,12,14,16H,1-4,6-7,9-11H2,(H,17,20);1H. The molecule has 2 unspecified atom stereocenters. The average Bonchev–Trinajstić information content (AvgIpc) is 3.18. The van der Waals surface area contributed by atoms with Crippen LogP contribution in [0, 0.1) is 5.92 Å². The molecule has 2 saturated heterocycles. The minimum atomic E-state index is 0. The van der Waals surface area contributed by atoms with Crippen LogP contribution in [0.1, 0.15) is 31.4 Å². The molecule has 3 rings (SSSR count). The molecule has 0 radical (unpaired) electrons. The van der Waals surface area contributed by atoms with Crippen LogP contribution in [0.2, 0.25) is 0 Å². The predicted octanol–water partition coefficient (Wildman–Crippen LogP) is 1.18. The molecule has 2 atom stereocenters. The number of carbonyl (C=O) groups excluding carboxylic acids is 1. The molecule has 2 aliphatic heterocycles. The van der Waals surface area contributed by atoms with Gasteiger partial charge in [0.1, 0.15) is 6.26 Å². The highest BCUT2D eigenvalue weighted by Crippen LogP contribution is 2.17. The summed E-state index contributed by atoms with van der Waals surface area (Å²) in [6, 6.07) is 1.94. The molecule has 22 heavy (non-hydrogen) atoms. The van der Waals surface area contributed by atoms with Crippen LogP contribution in [0.4, 0.5) is 0 Å². The van der Waals surface area contributed by atoms with E-state index < -0.39 is 0 Å². The van der Waals surface area contributed by atoms with E-state index in [1.807, 2.05) is 6.07 Å². The van der Waals surface area contributed by atoms with Crippen LogP contribution in [-0.2, 0) is 11.3 Å². The first-order valence-corrected chi connectivity index (χ1v) is 7.94. The monoisotopic (exact) mass is 328 g/mol. The van der Waals surface area contributed by atoms with E-state index in [9.17, 15) is 4.79 Å². The highest BCUT2D eigenvalue weighted by molar-refractivity contribution is 5.85. The lowest BCUT2D eigenvalue weighted by molar-refractivity contribution is -0.123. The van der Waals surface area contributed by atoms with Crippen LogP contribution in [0.5, 0.6) is 0 Å². The van der Waals surface area contributed by atoms with Crippen molar-refractivity contribution >= 4 is 18.3 Å². The molecule has 124 valence electrons. The van der Waals surface area contributed by atoms with Gasteiger partial charge < -0.3 is 15.2 Å². The number of piperidine rings is 1. The van der Waals surface area contributed by atoms with Gasteiger partial charge in [-0.3, -0.25) is 9.69 Å². The molecule has 2 fully saturated rings. The van der Waals surface area contributed by atoms with Crippen molar-refractivity contribution in [3.63, 3.8) is 0 Å². The second kappa shape index (κ2) is 8.50. The predicted molar refractivity (Wildman–Crippen MR) is 85.8 cm³/mol. The van der Waals surface area contributed by atoms with Crippen molar-refractivity contribution in [2.45, 2.75) is 38.3 Å². The molecule has 0 bridgehead atoms. The second-order valence-electron chi connectivity index (χ2n) is 6.13. The van der Waals surface area contributed by atoms with E-state index >= 15 is 0 Å². The summed E-state index contributed by atoms with van der Waals surface area (Å²) in [5.74, 6) is 0.706. The Balaban J connectivity index is 0.00000176. The molecule has 0 aliphatic carbocycles. The van der Waals surface area contributed by atoms with Gasteiger partial charge in [0, 0.05) is 25.7 Å². The van der Waals surface area contributed by atoms with Gasteiger partial charge >= 0.3 is 0 Å². The normalized spacial score (nSPS) is 25.6. The molecular formula is C15H25ClN4O2. The minimum absolute atomic E-state index is 0. The van der Waals surface area contributed by atoms with E-state index in [2.05, 4.69) is 20.7 Å². The molecule has 3 heterocycles. The Morgan fingerprint density at radius 2 is 2.36 bits per heavy atom. The average molecular weight is 329 g/mol. The summed E-state index contributed by atoms with van der Waals surface area (Å²) >= 11 is 0. The Labute approximate surface area is 137 Å². The van der Waals surface area contributed by atoms with Crippen LogP contribution in [0.3, 0.4) is 0 Å². The maximum atomic E-state index is 12.0. The smallest absolute Gasteiger partial charge is 0.237 e. The zero-order chi connectivity index (χ0) is 14.5. The molecule has 2 N–H and O–H groups in total. The van der Waals surface area contributed by atoms with Crippen LogP contribution >= 0.6 is 12.4 Å². The number of nitrogens with one attached hydrogen (secondary N) is 2. The summed E-state index contributed by atoms with van der Waals surface area (Å²) < 4.78 is 4.88. The SMILES string of the molecule is Cl.O=C(NCC1CCCN(Cc2ccon2)C1)C1CCCN1. The molecule has 0 aromatic carbocycles. The number of halogens is 1. The van der Waals surface area contributed by atoms with E-state index in [1.165, 1.54) is 12.8 Å². The Hall–Kier alpha value is -1.11. The summed E-state index contributed by atoms with van der Waals surface area (Å²) in [4.78, 5) is 14.4. The molecule has 1 amide bonds. The first kappa shape index (κ1) is 17.2. The number of aromatic nitrogens is 1. The number of amides is 1. The quantitative estimate of drug-likeness (QED) is 0.849. The fraction of sp³-hybridized carbons (Fsp3) is 0.733. The Morgan fingerprint density at radius 3 is 3.09 bits per heavy atom.